The molecule has 1 atom stereocenters. The Morgan fingerprint density at radius 2 is 2.08 bits per heavy atom. The zero-order valence-electron chi connectivity index (χ0n) is 6.26. The van der Waals surface area contributed by atoms with E-state index in [4.69, 9.17) is 0 Å². The van der Waals surface area contributed by atoms with Crippen molar-refractivity contribution in [2.75, 3.05) is 6.61 Å². The highest BCUT2D eigenvalue weighted by atomic mass is 32.2. The molecule has 0 heterocycles. The molecule has 0 aliphatic rings. The third kappa shape index (κ3) is 5.31. The summed E-state index contributed by atoms with van der Waals surface area (Å²) in [7, 11) is 0. The molecule has 0 fully saturated rings. The first-order valence-corrected chi connectivity index (χ1v) is 4.28. The summed E-state index contributed by atoms with van der Waals surface area (Å²) < 4.78 is 48.7. The van der Waals surface area contributed by atoms with Crippen molar-refractivity contribution in [1.29, 1.82) is 0 Å². The number of hydrogen-bond acceptors (Lipinski definition) is 2. The van der Waals surface area contributed by atoms with E-state index in [2.05, 4.69) is 10.8 Å². The van der Waals surface area contributed by atoms with Crippen LogP contribution in [-0.2, 0) is 15.3 Å². The van der Waals surface area contributed by atoms with Crippen LogP contribution in [-0.4, -0.2) is 16.3 Å². The van der Waals surface area contributed by atoms with E-state index in [1.807, 2.05) is 0 Å². The van der Waals surface area contributed by atoms with Crippen molar-refractivity contribution in [3.63, 3.8) is 0 Å². The number of hydrogen-bond donors (Lipinski definition) is 0. The fourth-order valence-electron chi connectivity index (χ4n) is 0.429. The van der Waals surface area contributed by atoms with E-state index >= 15 is 0 Å². The first kappa shape index (κ1) is 11.6. The van der Waals surface area contributed by atoms with Crippen molar-refractivity contribution in [3.8, 4) is 0 Å². The third-order valence-electron chi connectivity index (χ3n) is 0.932. The molecule has 72 valence electrons. The van der Waals surface area contributed by atoms with Gasteiger partial charge in [-0.1, -0.05) is 6.08 Å². The molecule has 1 unspecified atom stereocenters. The van der Waals surface area contributed by atoms with Crippen molar-refractivity contribution in [1.82, 2.24) is 0 Å². The number of allylic oxidation sites excluding steroid dienone is 1. The van der Waals surface area contributed by atoms with E-state index < -0.39 is 16.6 Å². The summed E-state index contributed by atoms with van der Waals surface area (Å²) in [6.07, 6.45) is 2.50. The maximum absolute atomic E-state index is 11.5. The summed E-state index contributed by atoms with van der Waals surface area (Å²) in [5.41, 5.74) is -4.77. The van der Waals surface area contributed by atoms with E-state index in [1.165, 1.54) is 0 Å². The molecule has 0 spiro atoms. The average molecular weight is 202 g/mol. The zero-order chi connectivity index (χ0) is 9.61. The predicted octanol–water partition coefficient (Wildman–Crippen LogP) is 2.15. The molecule has 0 bridgehead atoms. The van der Waals surface area contributed by atoms with Crippen LogP contribution in [0.3, 0.4) is 0 Å². The van der Waals surface area contributed by atoms with Gasteiger partial charge < -0.3 is 0 Å². The summed E-state index contributed by atoms with van der Waals surface area (Å²) in [6, 6.07) is 0. The molecule has 0 aromatic carbocycles. The average Bonchev–Trinajstić information content (AvgIpc) is 1.96. The van der Waals surface area contributed by atoms with Crippen LogP contribution in [0.15, 0.2) is 12.7 Å². The van der Waals surface area contributed by atoms with E-state index in [0.29, 0.717) is 12.8 Å². The number of halogens is 3. The fourth-order valence-corrected chi connectivity index (χ4v) is 0.832. The second kappa shape index (κ2) is 5.31. The smallest absolute Gasteiger partial charge is 0.284 e. The molecule has 0 rings (SSSR count). The lowest BCUT2D eigenvalue weighted by Crippen LogP contribution is -2.18. The molecule has 2 nitrogen and oxygen atoms in total. The normalized spacial score (nSPS) is 14.2. The van der Waals surface area contributed by atoms with E-state index in [0.717, 1.165) is 0 Å². The number of rotatable bonds is 5. The van der Waals surface area contributed by atoms with Gasteiger partial charge in [0.25, 0.3) is 11.1 Å². The van der Waals surface area contributed by atoms with Crippen LogP contribution in [0, 0.1) is 0 Å². The second-order valence-corrected chi connectivity index (χ2v) is 3.10. The molecular formula is C6H9F3O2S. The molecule has 0 radical (unpaired) electrons. The van der Waals surface area contributed by atoms with Gasteiger partial charge >= 0.3 is 5.51 Å². The molecule has 0 aromatic heterocycles. The molecule has 12 heavy (non-hydrogen) atoms. The van der Waals surface area contributed by atoms with Gasteiger partial charge in [0.2, 0.25) is 0 Å². The second-order valence-electron chi connectivity index (χ2n) is 1.93. The Labute approximate surface area is 71.1 Å². The van der Waals surface area contributed by atoms with E-state index in [9.17, 15) is 17.4 Å². The topological polar surface area (TPSA) is 26.3 Å². The number of unbranched alkanes of at least 4 members (excludes halogenated alkanes) is 1. The molecule has 0 aliphatic carbocycles. The highest BCUT2D eigenvalue weighted by Gasteiger charge is 2.38. The molecule has 0 aromatic rings. The summed E-state index contributed by atoms with van der Waals surface area (Å²) in [6.45, 7) is 3.20. The maximum Gasteiger partial charge on any atom is 0.497 e. The van der Waals surface area contributed by atoms with Gasteiger partial charge in [-0.15, -0.1) is 6.58 Å². The van der Waals surface area contributed by atoms with Crippen molar-refractivity contribution in [2.45, 2.75) is 18.3 Å². The van der Waals surface area contributed by atoms with Crippen LogP contribution in [0.5, 0.6) is 0 Å². The summed E-state index contributed by atoms with van der Waals surface area (Å²) in [5.74, 6) is 0. The quantitative estimate of drug-likeness (QED) is 0.504. The summed E-state index contributed by atoms with van der Waals surface area (Å²) in [5, 5.41) is 0. The van der Waals surface area contributed by atoms with Crippen molar-refractivity contribution in [2.24, 2.45) is 0 Å². The lowest BCUT2D eigenvalue weighted by molar-refractivity contribution is -0.0472. The summed E-state index contributed by atoms with van der Waals surface area (Å²) >= 11 is -3.18. The van der Waals surface area contributed by atoms with Crippen molar-refractivity contribution >= 4 is 11.1 Å². The van der Waals surface area contributed by atoms with Gasteiger partial charge in [-0.2, -0.15) is 13.2 Å². The van der Waals surface area contributed by atoms with E-state index in [1.54, 1.807) is 6.08 Å². The number of alkyl halides is 3. The van der Waals surface area contributed by atoms with Gasteiger partial charge in [0, 0.05) is 0 Å². The molecule has 0 aliphatic heterocycles. The standard InChI is InChI=1S/C6H9F3O2S/c1-2-3-4-5-11-12(10)6(7,8)9/h2H,1,3-5H2. The van der Waals surface area contributed by atoms with Gasteiger partial charge in [0.15, 0.2) is 0 Å². The van der Waals surface area contributed by atoms with Gasteiger partial charge in [-0.25, -0.2) is 4.21 Å². The minimum atomic E-state index is -4.77. The Bertz CT molecular complexity index is 167. The van der Waals surface area contributed by atoms with Crippen LogP contribution in [0.25, 0.3) is 0 Å². The van der Waals surface area contributed by atoms with Gasteiger partial charge in [0.05, 0.1) is 6.61 Å². The van der Waals surface area contributed by atoms with E-state index in [-0.39, 0.29) is 6.61 Å². The largest absolute Gasteiger partial charge is 0.497 e. The molecule has 0 saturated carbocycles. The lowest BCUT2D eigenvalue weighted by atomic mass is 10.3. The Hall–Kier alpha value is -0.360. The van der Waals surface area contributed by atoms with Crippen molar-refractivity contribution in [3.05, 3.63) is 12.7 Å². The highest BCUT2D eigenvalue weighted by molar-refractivity contribution is 7.81. The molecule has 0 amide bonds. The van der Waals surface area contributed by atoms with Crippen LogP contribution in [0.2, 0.25) is 0 Å². The molecule has 0 N–H and O–H groups in total. The minimum absolute atomic E-state index is 0.169. The lowest BCUT2D eigenvalue weighted by Gasteiger charge is -2.04. The highest BCUT2D eigenvalue weighted by Crippen LogP contribution is 2.20. The molecule has 0 saturated heterocycles. The van der Waals surface area contributed by atoms with Crippen LogP contribution >= 0.6 is 0 Å². The van der Waals surface area contributed by atoms with Crippen LogP contribution < -0.4 is 0 Å². The SMILES string of the molecule is C=CCCCOS(=O)C(F)(F)F. The third-order valence-corrected chi connectivity index (χ3v) is 1.69. The summed E-state index contributed by atoms with van der Waals surface area (Å²) in [4.78, 5) is 0. The Morgan fingerprint density at radius 3 is 2.50 bits per heavy atom. The first-order chi connectivity index (χ1) is 5.48. The Morgan fingerprint density at radius 1 is 1.50 bits per heavy atom. The van der Waals surface area contributed by atoms with Crippen molar-refractivity contribution < 1.29 is 21.6 Å². The Kier molecular flexibility index (Phi) is 5.16. The van der Waals surface area contributed by atoms with Gasteiger partial charge in [-0.3, -0.25) is 4.18 Å². The molecular weight excluding hydrogens is 193 g/mol. The molecule has 6 heteroatoms. The minimum Gasteiger partial charge on any atom is -0.284 e. The predicted molar refractivity (Wildman–Crippen MR) is 39.6 cm³/mol. The first-order valence-electron chi connectivity index (χ1n) is 3.21. The van der Waals surface area contributed by atoms with Gasteiger partial charge in [0.1, 0.15) is 0 Å². The monoisotopic (exact) mass is 202 g/mol. The zero-order valence-corrected chi connectivity index (χ0v) is 7.08. The Balaban J connectivity index is 3.51. The van der Waals surface area contributed by atoms with Gasteiger partial charge in [-0.05, 0) is 12.8 Å². The van der Waals surface area contributed by atoms with Crippen LogP contribution in [0.1, 0.15) is 12.8 Å². The van der Waals surface area contributed by atoms with Crippen LogP contribution in [0.4, 0.5) is 13.2 Å². The fraction of sp³-hybridized carbons (Fsp3) is 0.667. The maximum atomic E-state index is 11.5.